The predicted molar refractivity (Wildman–Crippen MR) is 91.2 cm³/mol. The van der Waals surface area contributed by atoms with Gasteiger partial charge in [-0.2, -0.15) is 0 Å². The average molecular weight is 371 g/mol. The zero-order valence-electron chi connectivity index (χ0n) is 14.6. The second-order valence-corrected chi connectivity index (χ2v) is 6.87. The van der Waals surface area contributed by atoms with Crippen LogP contribution in [-0.2, 0) is 0 Å². The molecule has 1 saturated carbocycles. The van der Waals surface area contributed by atoms with Crippen LogP contribution in [0.3, 0.4) is 0 Å². The molecule has 1 N–H and O–H groups in total. The van der Waals surface area contributed by atoms with E-state index in [1.165, 1.54) is 12.1 Å². The van der Waals surface area contributed by atoms with Crippen molar-refractivity contribution in [3.63, 3.8) is 0 Å². The van der Waals surface area contributed by atoms with Crippen molar-refractivity contribution < 1.29 is 23.2 Å². The van der Waals surface area contributed by atoms with E-state index in [2.05, 4.69) is 15.4 Å². The normalized spacial score (nSPS) is 20.3. The van der Waals surface area contributed by atoms with Crippen molar-refractivity contribution in [1.82, 2.24) is 15.4 Å². The minimum Gasteiger partial charge on any atom is -0.422 e. The zero-order chi connectivity index (χ0) is 19.0. The number of carbonyl (C=O) groups is 1. The highest BCUT2D eigenvalue weighted by atomic mass is 19.1. The van der Waals surface area contributed by atoms with E-state index < -0.39 is 11.9 Å². The van der Waals surface area contributed by atoms with Crippen LogP contribution >= 0.6 is 0 Å². The molecule has 1 atom stereocenters. The number of hydrogen-bond acceptors (Lipinski definition) is 7. The number of aliphatic hydroxyl groups is 1. The van der Waals surface area contributed by atoms with Crippen LogP contribution in [0.25, 0.3) is 11.3 Å². The molecular formula is C19H18FN3O4. The fourth-order valence-electron chi connectivity index (χ4n) is 3.25. The van der Waals surface area contributed by atoms with Crippen molar-refractivity contribution in [2.45, 2.75) is 38.2 Å². The van der Waals surface area contributed by atoms with Gasteiger partial charge in [-0.1, -0.05) is 17.3 Å². The molecule has 27 heavy (non-hydrogen) atoms. The molecule has 1 fully saturated rings. The number of benzene rings is 1. The lowest BCUT2D eigenvalue weighted by atomic mass is 9.72. The van der Waals surface area contributed by atoms with Gasteiger partial charge < -0.3 is 14.0 Å². The molecular weight excluding hydrogens is 353 g/mol. The van der Waals surface area contributed by atoms with Gasteiger partial charge in [0.2, 0.25) is 11.8 Å². The van der Waals surface area contributed by atoms with Gasteiger partial charge in [0, 0.05) is 18.4 Å². The number of hydrogen-bond donors (Lipinski definition) is 1. The molecule has 0 aliphatic heterocycles. The van der Waals surface area contributed by atoms with Crippen LogP contribution in [0.2, 0.25) is 0 Å². The second kappa shape index (κ2) is 7.03. The van der Waals surface area contributed by atoms with E-state index in [0.29, 0.717) is 12.3 Å². The van der Waals surface area contributed by atoms with E-state index in [-0.39, 0.29) is 40.5 Å². The Morgan fingerprint density at radius 3 is 2.81 bits per heavy atom. The Kier molecular flexibility index (Phi) is 4.57. The lowest BCUT2D eigenvalue weighted by Crippen LogP contribution is -2.24. The van der Waals surface area contributed by atoms with E-state index in [1.54, 1.807) is 25.1 Å². The summed E-state index contributed by atoms with van der Waals surface area (Å²) in [5, 5.41) is 21.0. The van der Waals surface area contributed by atoms with Gasteiger partial charge in [-0.05, 0) is 37.8 Å². The third-order valence-corrected chi connectivity index (χ3v) is 4.81. The van der Waals surface area contributed by atoms with Crippen molar-refractivity contribution in [3.05, 3.63) is 53.6 Å². The minimum atomic E-state index is -0.792. The first-order valence-electron chi connectivity index (χ1n) is 8.77. The van der Waals surface area contributed by atoms with E-state index in [9.17, 15) is 14.3 Å². The fraction of sp³-hybridized carbons (Fsp3) is 0.368. The molecule has 1 aliphatic rings. The highest BCUT2D eigenvalue weighted by Crippen LogP contribution is 2.43. The Bertz CT molecular complexity index is 959. The van der Waals surface area contributed by atoms with Gasteiger partial charge in [-0.3, -0.25) is 4.79 Å². The summed E-state index contributed by atoms with van der Waals surface area (Å²) in [6.45, 7) is 1.56. The molecule has 0 radical (unpaired) electrons. The molecule has 0 amide bonds. The average Bonchev–Trinajstić information content (AvgIpc) is 3.27. The van der Waals surface area contributed by atoms with Crippen LogP contribution in [0, 0.1) is 11.7 Å². The molecule has 2 aromatic heterocycles. The Balaban J connectivity index is 1.35. The van der Waals surface area contributed by atoms with Crippen molar-refractivity contribution in [1.29, 1.82) is 0 Å². The van der Waals surface area contributed by atoms with Crippen LogP contribution in [0.5, 0.6) is 0 Å². The molecule has 140 valence electrons. The summed E-state index contributed by atoms with van der Waals surface area (Å²) in [6, 6.07) is 7.66. The molecule has 3 aromatic rings. The molecule has 0 saturated heterocycles. The number of rotatable bonds is 6. The third kappa shape index (κ3) is 3.52. The number of aliphatic hydroxyl groups excluding tert-OH is 1. The Morgan fingerprint density at radius 1 is 1.33 bits per heavy atom. The third-order valence-electron chi connectivity index (χ3n) is 4.81. The van der Waals surface area contributed by atoms with Crippen molar-refractivity contribution in [3.8, 4) is 11.3 Å². The van der Waals surface area contributed by atoms with Crippen LogP contribution in [0.1, 0.15) is 60.5 Å². The Hall–Kier alpha value is -2.87. The molecule has 4 rings (SSSR count). The standard InChI is InChI=1S/C19H18FN3O4/c1-10(24)18-21-22-19(26-18)12-6-11(7-12)8-16(25)15-9-17(27-23-15)13-4-2-3-5-14(13)20/h2-5,9-12,24H,6-8H2,1H3/t10-,11?,12?/m1/s1. The van der Waals surface area contributed by atoms with Crippen LogP contribution < -0.4 is 0 Å². The SMILES string of the molecule is C[C@@H](O)c1nnc(C2CC(CC(=O)c3cc(-c4ccccc4F)on3)C2)o1. The lowest BCUT2D eigenvalue weighted by Gasteiger charge is -2.32. The Labute approximate surface area is 154 Å². The number of aromatic nitrogens is 3. The summed E-state index contributed by atoms with van der Waals surface area (Å²) >= 11 is 0. The number of carbonyl (C=O) groups excluding carboxylic acids is 1. The van der Waals surface area contributed by atoms with Crippen molar-refractivity contribution in [2.24, 2.45) is 5.92 Å². The molecule has 0 unspecified atom stereocenters. The topological polar surface area (TPSA) is 102 Å². The highest BCUT2D eigenvalue weighted by molar-refractivity contribution is 5.95. The first kappa shape index (κ1) is 17.5. The molecule has 8 heteroatoms. The van der Waals surface area contributed by atoms with Crippen LogP contribution in [0.4, 0.5) is 4.39 Å². The van der Waals surface area contributed by atoms with E-state index >= 15 is 0 Å². The summed E-state index contributed by atoms with van der Waals surface area (Å²) in [5.41, 5.74) is 0.476. The number of Topliss-reactive ketones (excluding diaryl/α,β-unsaturated/α-hetero) is 1. The van der Waals surface area contributed by atoms with Gasteiger partial charge in [0.15, 0.2) is 11.5 Å². The molecule has 0 bridgehead atoms. The first-order valence-corrected chi connectivity index (χ1v) is 8.77. The molecule has 7 nitrogen and oxygen atoms in total. The summed E-state index contributed by atoms with van der Waals surface area (Å²) in [4.78, 5) is 12.4. The second-order valence-electron chi connectivity index (χ2n) is 6.87. The summed E-state index contributed by atoms with van der Waals surface area (Å²) in [7, 11) is 0. The molecule has 2 heterocycles. The van der Waals surface area contributed by atoms with Crippen LogP contribution in [-0.4, -0.2) is 26.2 Å². The smallest absolute Gasteiger partial charge is 0.244 e. The maximum atomic E-state index is 13.8. The number of ketones is 1. The summed E-state index contributed by atoms with van der Waals surface area (Å²) < 4.78 is 24.4. The van der Waals surface area contributed by atoms with Gasteiger partial charge in [-0.15, -0.1) is 10.2 Å². The van der Waals surface area contributed by atoms with Gasteiger partial charge in [0.1, 0.15) is 17.6 Å². The summed E-state index contributed by atoms with van der Waals surface area (Å²) in [6.07, 6.45) is 1.05. The quantitative estimate of drug-likeness (QED) is 0.659. The lowest BCUT2D eigenvalue weighted by molar-refractivity contribution is 0.0905. The highest BCUT2D eigenvalue weighted by Gasteiger charge is 2.36. The van der Waals surface area contributed by atoms with E-state index in [4.69, 9.17) is 8.94 Å². The monoisotopic (exact) mass is 371 g/mol. The first-order chi connectivity index (χ1) is 13.0. The molecule has 1 aliphatic carbocycles. The minimum absolute atomic E-state index is 0.106. The molecule has 0 spiro atoms. The maximum absolute atomic E-state index is 13.8. The van der Waals surface area contributed by atoms with Crippen molar-refractivity contribution in [2.75, 3.05) is 0 Å². The fourth-order valence-corrected chi connectivity index (χ4v) is 3.25. The number of nitrogens with zero attached hydrogens (tertiary/aromatic N) is 3. The van der Waals surface area contributed by atoms with Gasteiger partial charge >= 0.3 is 0 Å². The van der Waals surface area contributed by atoms with Crippen molar-refractivity contribution >= 4 is 5.78 Å². The number of halogens is 1. The van der Waals surface area contributed by atoms with Crippen LogP contribution in [0.15, 0.2) is 39.3 Å². The van der Waals surface area contributed by atoms with E-state index in [1.807, 2.05) is 0 Å². The Morgan fingerprint density at radius 2 is 2.11 bits per heavy atom. The molecule has 1 aromatic carbocycles. The van der Waals surface area contributed by atoms with Gasteiger partial charge in [-0.25, -0.2) is 4.39 Å². The van der Waals surface area contributed by atoms with Gasteiger partial charge in [0.05, 0.1) is 5.56 Å². The van der Waals surface area contributed by atoms with Gasteiger partial charge in [0.25, 0.3) is 0 Å². The largest absolute Gasteiger partial charge is 0.422 e. The predicted octanol–water partition coefficient (Wildman–Crippen LogP) is 3.68. The zero-order valence-corrected chi connectivity index (χ0v) is 14.6. The summed E-state index contributed by atoms with van der Waals surface area (Å²) in [5.74, 6) is 0.669. The maximum Gasteiger partial charge on any atom is 0.244 e. The van der Waals surface area contributed by atoms with E-state index in [0.717, 1.165) is 12.8 Å².